The first-order valence-electron chi connectivity index (χ1n) is 5.54. The SMILES string of the molecule is C=C1CCCCC12C(=O)OC(C)(C)OC2=O. The molecular formula is C12H16O4. The summed E-state index contributed by atoms with van der Waals surface area (Å²) in [6.45, 7) is 6.95. The molecule has 88 valence electrons. The van der Waals surface area contributed by atoms with Crippen LogP contribution in [0.5, 0.6) is 0 Å². The highest BCUT2D eigenvalue weighted by Crippen LogP contribution is 2.46. The second-order valence-corrected chi connectivity index (χ2v) is 4.89. The third kappa shape index (κ3) is 1.44. The first kappa shape index (κ1) is 11.2. The Hall–Kier alpha value is -1.32. The van der Waals surface area contributed by atoms with E-state index in [1.54, 1.807) is 13.8 Å². The third-order valence-electron chi connectivity index (χ3n) is 3.26. The van der Waals surface area contributed by atoms with Crippen molar-refractivity contribution in [3.63, 3.8) is 0 Å². The van der Waals surface area contributed by atoms with Crippen LogP contribution >= 0.6 is 0 Å². The van der Waals surface area contributed by atoms with Gasteiger partial charge in [0.05, 0.1) is 0 Å². The highest BCUT2D eigenvalue weighted by molar-refractivity contribution is 6.05. The molecule has 1 saturated heterocycles. The zero-order chi connectivity index (χ0) is 12.0. The van der Waals surface area contributed by atoms with Gasteiger partial charge in [-0.1, -0.05) is 13.0 Å². The van der Waals surface area contributed by atoms with Crippen molar-refractivity contribution in [2.24, 2.45) is 5.41 Å². The summed E-state index contributed by atoms with van der Waals surface area (Å²) < 4.78 is 10.3. The molecule has 0 aromatic heterocycles. The third-order valence-corrected chi connectivity index (χ3v) is 3.26. The molecule has 1 spiro atoms. The Morgan fingerprint density at radius 2 is 1.69 bits per heavy atom. The zero-order valence-corrected chi connectivity index (χ0v) is 9.67. The maximum Gasteiger partial charge on any atom is 0.330 e. The summed E-state index contributed by atoms with van der Waals surface area (Å²) in [5, 5.41) is 0. The van der Waals surface area contributed by atoms with Gasteiger partial charge >= 0.3 is 11.9 Å². The van der Waals surface area contributed by atoms with E-state index in [1.165, 1.54) is 0 Å². The van der Waals surface area contributed by atoms with Gasteiger partial charge < -0.3 is 9.47 Å². The van der Waals surface area contributed by atoms with Crippen LogP contribution in [0.15, 0.2) is 12.2 Å². The maximum atomic E-state index is 12.0. The molecule has 4 nitrogen and oxygen atoms in total. The van der Waals surface area contributed by atoms with Crippen LogP contribution in [0, 0.1) is 5.41 Å². The van der Waals surface area contributed by atoms with Gasteiger partial charge in [0.25, 0.3) is 5.79 Å². The molecule has 2 aliphatic rings. The molecule has 0 unspecified atom stereocenters. The van der Waals surface area contributed by atoms with Crippen molar-refractivity contribution < 1.29 is 19.1 Å². The van der Waals surface area contributed by atoms with E-state index in [4.69, 9.17) is 9.47 Å². The molecule has 2 rings (SSSR count). The van der Waals surface area contributed by atoms with E-state index in [0.717, 1.165) is 12.8 Å². The van der Waals surface area contributed by atoms with Crippen LogP contribution < -0.4 is 0 Å². The van der Waals surface area contributed by atoms with Gasteiger partial charge in [-0.05, 0) is 24.8 Å². The van der Waals surface area contributed by atoms with E-state index < -0.39 is 23.1 Å². The predicted octanol–water partition coefficient (Wildman–Crippen LogP) is 1.94. The van der Waals surface area contributed by atoms with Gasteiger partial charge in [-0.2, -0.15) is 0 Å². The standard InChI is InChI=1S/C12H16O4/c1-8-6-4-5-7-12(8)9(13)15-11(2,3)16-10(12)14/h1,4-7H2,2-3H3. The Morgan fingerprint density at radius 3 is 2.19 bits per heavy atom. The van der Waals surface area contributed by atoms with Crippen molar-refractivity contribution in [2.45, 2.75) is 45.3 Å². The molecule has 4 heteroatoms. The van der Waals surface area contributed by atoms with Gasteiger partial charge in [0.1, 0.15) is 0 Å². The number of ether oxygens (including phenoxy) is 2. The Morgan fingerprint density at radius 1 is 1.12 bits per heavy atom. The van der Waals surface area contributed by atoms with E-state index in [0.29, 0.717) is 18.4 Å². The van der Waals surface area contributed by atoms with Gasteiger partial charge in [-0.3, -0.25) is 9.59 Å². The Bertz CT molecular complexity index is 347. The van der Waals surface area contributed by atoms with Crippen LogP contribution in [0.1, 0.15) is 39.5 Å². The molecule has 0 aromatic rings. The van der Waals surface area contributed by atoms with Crippen LogP contribution in [0.4, 0.5) is 0 Å². The van der Waals surface area contributed by atoms with E-state index in [1.807, 2.05) is 0 Å². The number of esters is 2. The molecule has 0 amide bonds. The molecule has 2 fully saturated rings. The number of rotatable bonds is 0. The minimum Gasteiger partial charge on any atom is -0.422 e. The van der Waals surface area contributed by atoms with E-state index in [2.05, 4.69) is 6.58 Å². The summed E-state index contributed by atoms with van der Waals surface area (Å²) in [6.07, 6.45) is 2.93. The fourth-order valence-corrected chi connectivity index (χ4v) is 2.34. The van der Waals surface area contributed by atoms with E-state index >= 15 is 0 Å². The molecule has 1 aliphatic heterocycles. The summed E-state index contributed by atoms with van der Waals surface area (Å²) >= 11 is 0. The molecule has 1 aliphatic carbocycles. The summed E-state index contributed by atoms with van der Waals surface area (Å²) in [4.78, 5) is 24.0. The van der Waals surface area contributed by atoms with Crippen LogP contribution in [0.2, 0.25) is 0 Å². The monoisotopic (exact) mass is 224 g/mol. The predicted molar refractivity (Wildman–Crippen MR) is 56.3 cm³/mol. The second kappa shape index (κ2) is 3.34. The molecule has 0 aromatic carbocycles. The van der Waals surface area contributed by atoms with Crippen LogP contribution in [-0.2, 0) is 19.1 Å². The van der Waals surface area contributed by atoms with Crippen molar-refractivity contribution in [3.05, 3.63) is 12.2 Å². The van der Waals surface area contributed by atoms with Gasteiger partial charge in [0, 0.05) is 13.8 Å². The zero-order valence-electron chi connectivity index (χ0n) is 9.67. The molecule has 16 heavy (non-hydrogen) atoms. The summed E-state index contributed by atoms with van der Waals surface area (Å²) in [7, 11) is 0. The number of hydrogen-bond acceptors (Lipinski definition) is 4. The first-order valence-corrected chi connectivity index (χ1v) is 5.54. The average Bonchev–Trinajstić information content (AvgIpc) is 2.14. The number of carbonyl (C=O) groups excluding carboxylic acids is 2. The fourth-order valence-electron chi connectivity index (χ4n) is 2.34. The molecule has 1 heterocycles. The van der Waals surface area contributed by atoms with Gasteiger partial charge in [0.2, 0.25) is 0 Å². The lowest BCUT2D eigenvalue weighted by Gasteiger charge is -2.42. The molecular weight excluding hydrogens is 208 g/mol. The van der Waals surface area contributed by atoms with Gasteiger partial charge in [-0.25, -0.2) is 0 Å². The van der Waals surface area contributed by atoms with E-state index in [-0.39, 0.29) is 0 Å². The highest BCUT2D eigenvalue weighted by Gasteiger charge is 2.58. The van der Waals surface area contributed by atoms with Gasteiger partial charge in [-0.15, -0.1) is 0 Å². The van der Waals surface area contributed by atoms with Gasteiger partial charge in [0.15, 0.2) is 5.41 Å². The van der Waals surface area contributed by atoms with Crippen molar-refractivity contribution in [1.29, 1.82) is 0 Å². The smallest absolute Gasteiger partial charge is 0.330 e. The lowest BCUT2D eigenvalue weighted by molar-refractivity contribution is -0.249. The Kier molecular flexibility index (Phi) is 2.33. The topological polar surface area (TPSA) is 52.6 Å². The highest BCUT2D eigenvalue weighted by atomic mass is 16.7. The minimum absolute atomic E-state index is 0.458. The normalized spacial score (nSPS) is 27.5. The first-order chi connectivity index (χ1) is 7.38. The van der Waals surface area contributed by atoms with E-state index in [9.17, 15) is 9.59 Å². The van der Waals surface area contributed by atoms with Crippen LogP contribution in [0.25, 0.3) is 0 Å². The van der Waals surface area contributed by atoms with Crippen LogP contribution in [0.3, 0.4) is 0 Å². The molecule has 0 N–H and O–H groups in total. The van der Waals surface area contributed by atoms with Crippen molar-refractivity contribution >= 4 is 11.9 Å². The molecule has 1 saturated carbocycles. The quantitative estimate of drug-likeness (QED) is 0.358. The molecule has 0 radical (unpaired) electrons. The number of carbonyl (C=O) groups is 2. The lowest BCUT2D eigenvalue weighted by Crippen LogP contribution is -2.55. The minimum atomic E-state index is -1.23. The molecule has 0 bridgehead atoms. The van der Waals surface area contributed by atoms with Crippen LogP contribution in [-0.4, -0.2) is 17.7 Å². The Labute approximate surface area is 94.6 Å². The van der Waals surface area contributed by atoms with Crippen molar-refractivity contribution in [1.82, 2.24) is 0 Å². The van der Waals surface area contributed by atoms with Crippen molar-refractivity contribution in [2.75, 3.05) is 0 Å². The summed E-state index contributed by atoms with van der Waals surface area (Å²) in [6, 6.07) is 0. The summed E-state index contributed by atoms with van der Waals surface area (Å²) in [5.41, 5.74) is -0.599. The number of hydrogen-bond donors (Lipinski definition) is 0. The lowest BCUT2D eigenvalue weighted by atomic mass is 9.70. The number of cyclic esters (lactones) is 2. The fraction of sp³-hybridized carbons (Fsp3) is 0.667. The second-order valence-electron chi connectivity index (χ2n) is 4.89. The Balaban J connectivity index is 2.37. The largest absolute Gasteiger partial charge is 0.422 e. The molecule has 0 atom stereocenters. The maximum absolute atomic E-state index is 12.0. The summed E-state index contributed by atoms with van der Waals surface area (Å²) in [5.74, 6) is -2.16. The average molecular weight is 224 g/mol. The van der Waals surface area contributed by atoms with Crippen molar-refractivity contribution in [3.8, 4) is 0 Å².